The zero-order valence-corrected chi connectivity index (χ0v) is 15.5. The quantitative estimate of drug-likeness (QED) is 0.624. The number of amides is 1. The second-order valence-corrected chi connectivity index (χ2v) is 6.56. The van der Waals surface area contributed by atoms with Crippen LogP contribution in [0, 0.1) is 0 Å². The summed E-state index contributed by atoms with van der Waals surface area (Å²) in [7, 11) is 0. The number of hydrogen-bond donors (Lipinski definition) is 1. The van der Waals surface area contributed by atoms with E-state index < -0.39 is 12.6 Å². The fourth-order valence-corrected chi connectivity index (χ4v) is 3.06. The van der Waals surface area contributed by atoms with Crippen molar-refractivity contribution in [3.05, 3.63) is 90.0 Å². The minimum atomic E-state index is -4.74. The molecule has 0 saturated carbocycles. The molecule has 0 aliphatic carbocycles. The van der Waals surface area contributed by atoms with E-state index in [1.807, 2.05) is 36.4 Å². The van der Waals surface area contributed by atoms with Crippen molar-refractivity contribution in [2.75, 3.05) is 0 Å². The van der Waals surface area contributed by atoms with Crippen molar-refractivity contribution < 1.29 is 27.4 Å². The summed E-state index contributed by atoms with van der Waals surface area (Å²) in [5.41, 5.74) is 2.65. The van der Waals surface area contributed by atoms with Crippen LogP contribution in [0.2, 0.25) is 0 Å². The van der Waals surface area contributed by atoms with Gasteiger partial charge in [0.1, 0.15) is 11.5 Å². The second-order valence-electron chi connectivity index (χ2n) is 6.56. The summed E-state index contributed by atoms with van der Waals surface area (Å²) in [6.45, 7) is 0. The highest BCUT2D eigenvalue weighted by Crippen LogP contribution is 2.31. The van der Waals surface area contributed by atoms with Crippen LogP contribution in [0.5, 0.6) is 11.5 Å². The third-order valence-electron chi connectivity index (χ3n) is 4.44. The topological polar surface area (TPSA) is 47.6 Å². The average molecular weight is 411 g/mol. The molecule has 1 aliphatic rings. The van der Waals surface area contributed by atoms with E-state index in [9.17, 15) is 18.0 Å². The fraction of sp³-hybridized carbons (Fsp3) is 0.0870. The minimum Gasteiger partial charge on any atom is -0.466 e. The molecular weight excluding hydrogens is 395 g/mol. The zero-order valence-electron chi connectivity index (χ0n) is 15.5. The number of ether oxygens (including phenoxy) is 2. The highest BCUT2D eigenvalue weighted by molar-refractivity contribution is 5.99. The standard InChI is InChI=1S/C23H16F3NO3/c24-23(25,26)30-18-10-7-16(8-11-18)17-9-12-20-19(14-17)22(28)27-21(29-20)13-6-15-4-2-1-3-5-15/h1-14,21H,(H,27,28). The summed E-state index contributed by atoms with van der Waals surface area (Å²) in [5.74, 6) is -0.168. The molecule has 0 radical (unpaired) electrons. The highest BCUT2D eigenvalue weighted by atomic mass is 19.4. The lowest BCUT2D eigenvalue weighted by molar-refractivity contribution is -0.274. The minimum absolute atomic E-state index is 0.294. The van der Waals surface area contributed by atoms with Gasteiger partial charge in [-0.1, -0.05) is 54.6 Å². The van der Waals surface area contributed by atoms with E-state index in [4.69, 9.17) is 4.74 Å². The van der Waals surface area contributed by atoms with Gasteiger partial charge in [0.25, 0.3) is 5.91 Å². The fourth-order valence-electron chi connectivity index (χ4n) is 3.06. The number of rotatable bonds is 4. The van der Waals surface area contributed by atoms with E-state index in [-0.39, 0.29) is 11.7 Å². The van der Waals surface area contributed by atoms with Gasteiger partial charge >= 0.3 is 6.36 Å². The Kier molecular flexibility index (Phi) is 5.18. The van der Waals surface area contributed by atoms with Crippen molar-refractivity contribution in [3.63, 3.8) is 0 Å². The first-order valence-corrected chi connectivity index (χ1v) is 9.08. The smallest absolute Gasteiger partial charge is 0.466 e. The number of carbonyl (C=O) groups excluding carboxylic acids is 1. The maximum absolute atomic E-state index is 12.5. The summed E-state index contributed by atoms with van der Waals surface area (Å²) in [6.07, 6.45) is -1.73. The largest absolute Gasteiger partial charge is 0.573 e. The number of nitrogens with one attached hydrogen (secondary N) is 1. The molecule has 30 heavy (non-hydrogen) atoms. The van der Waals surface area contributed by atoms with Crippen LogP contribution in [0.3, 0.4) is 0 Å². The summed E-state index contributed by atoms with van der Waals surface area (Å²) in [6, 6.07) is 20.1. The Hall–Kier alpha value is -3.74. The van der Waals surface area contributed by atoms with Crippen LogP contribution < -0.4 is 14.8 Å². The van der Waals surface area contributed by atoms with E-state index >= 15 is 0 Å². The molecule has 7 heteroatoms. The third kappa shape index (κ3) is 4.63. The molecule has 4 rings (SSSR count). The van der Waals surface area contributed by atoms with Crippen LogP contribution in [0.15, 0.2) is 78.9 Å². The van der Waals surface area contributed by atoms with Gasteiger partial charge in [0.2, 0.25) is 0 Å². The van der Waals surface area contributed by atoms with Crippen LogP contribution in [0.1, 0.15) is 15.9 Å². The van der Waals surface area contributed by atoms with Crippen LogP contribution in [-0.4, -0.2) is 18.5 Å². The van der Waals surface area contributed by atoms with Gasteiger partial charge < -0.3 is 14.8 Å². The number of alkyl halides is 3. The summed E-state index contributed by atoms with van der Waals surface area (Å²) < 4.78 is 46.6. The molecule has 0 bridgehead atoms. The molecule has 1 N–H and O–H groups in total. The van der Waals surface area contributed by atoms with Gasteiger partial charge in [0.05, 0.1) is 5.56 Å². The molecule has 0 spiro atoms. The molecule has 1 unspecified atom stereocenters. The Labute approximate surface area is 170 Å². The number of hydrogen-bond acceptors (Lipinski definition) is 3. The zero-order chi connectivity index (χ0) is 21.1. The first-order valence-electron chi connectivity index (χ1n) is 9.08. The number of benzene rings is 3. The van der Waals surface area contributed by atoms with Crippen molar-refractivity contribution in [1.29, 1.82) is 0 Å². The van der Waals surface area contributed by atoms with E-state index in [2.05, 4.69) is 10.1 Å². The number of fused-ring (bicyclic) bond motifs is 1. The van der Waals surface area contributed by atoms with Gasteiger partial charge in [-0.05, 0) is 47.0 Å². The Morgan fingerprint density at radius 1 is 0.933 bits per heavy atom. The molecule has 3 aromatic rings. The van der Waals surface area contributed by atoms with Gasteiger partial charge in [-0.2, -0.15) is 0 Å². The Bertz CT molecular complexity index is 1080. The molecule has 152 valence electrons. The molecule has 0 aromatic heterocycles. The summed E-state index contributed by atoms with van der Waals surface area (Å²) in [5, 5.41) is 2.76. The number of halogens is 3. The first-order chi connectivity index (χ1) is 14.4. The lowest BCUT2D eigenvalue weighted by Crippen LogP contribution is -2.41. The predicted octanol–water partition coefficient (Wildman–Crippen LogP) is 5.41. The van der Waals surface area contributed by atoms with E-state index in [1.54, 1.807) is 24.3 Å². The van der Waals surface area contributed by atoms with Crippen LogP contribution >= 0.6 is 0 Å². The summed E-state index contributed by atoms with van der Waals surface area (Å²) in [4.78, 5) is 12.5. The van der Waals surface area contributed by atoms with Crippen molar-refractivity contribution in [2.45, 2.75) is 12.6 Å². The van der Waals surface area contributed by atoms with Crippen molar-refractivity contribution >= 4 is 12.0 Å². The Morgan fingerprint density at radius 3 is 2.33 bits per heavy atom. The van der Waals surface area contributed by atoms with Gasteiger partial charge in [0, 0.05) is 0 Å². The average Bonchev–Trinajstić information content (AvgIpc) is 2.72. The van der Waals surface area contributed by atoms with Crippen molar-refractivity contribution in [2.24, 2.45) is 0 Å². The number of carbonyl (C=O) groups is 1. The van der Waals surface area contributed by atoms with E-state index in [1.165, 1.54) is 24.3 Å². The van der Waals surface area contributed by atoms with Crippen LogP contribution in [0.4, 0.5) is 13.2 Å². The monoisotopic (exact) mass is 411 g/mol. The Morgan fingerprint density at radius 2 is 1.63 bits per heavy atom. The van der Waals surface area contributed by atoms with Gasteiger partial charge in [-0.25, -0.2) is 0 Å². The van der Waals surface area contributed by atoms with Crippen molar-refractivity contribution in [3.8, 4) is 22.6 Å². The molecule has 4 nitrogen and oxygen atoms in total. The SMILES string of the molecule is O=C1NC(C=Cc2ccccc2)Oc2ccc(-c3ccc(OC(F)(F)F)cc3)cc21. The third-order valence-corrected chi connectivity index (χ3v) is 4.44. The first kappa shape index (κ1) is 19.6. The molecule has 1 aliphatic heterocycles. The maximum atomic E-state index is 12.5. The lowest BCUT2D eigenvalue weighted by Gasteiger charge is -2.25. The second kappa shape index (κ2) is 7.94. The molecule has 1 heterocycles. The molecule has 0 saturated heterocycles. The van der Waals surface area contributed by atoms with Gasteiger partial charge in [0.15, 0.2) is 6.23 Å². The van der Waals surface area contributed by atoms with E-state index in [0.717, 1.165) is 5.56 Å². The maximum Gasteiger partial charge on any atom is 0.573 e. The lowest BCUT2D eigenvalue weighted by atomic mass is 10.0. The molecular formula is C23H16F3NO3. The highest BCUT2D eigenvalue weighted by Gasteiger charge is 2.31. The van der Waals surface area contributed by atoms with Gasteiger partial charge in [-0.15, -0.1) is 13.2 Å². The predicted molar refractivity (Wildman–Crippen MR) is 106 cm³/mol. The van der Waals surface area contributed by atoms with Gasteiger partial charge in [-0.3, -0.25) is 4.79 Å². The Balaban J connectivity index is 1.51. The van der Waals surface area contributed by atoms with Crippen molar-refractivity contribution in [1.82, 2.24) is 5.32 Å². The van der Waals surface area contributed by atoms with Crippen LogP contribution in [-0.2, 0) is 0 Å². The molecule has 1 atom stereocenters. The van der Waals surface area contributed by atoms with Crippen LogP contribution in [0.25, 0.3) is 17.2 Å². The molecule has 3 aromatic carbocycles. The van der Waals surface area contributed by atoms with E-state index in [0.29, 0.717) is 22.4 Å². The summed E-state index contributed by atoms with van der Waals surface area (Å²) >= 11 is 0. The molecule has 1 amide bonds. The molecule has 0 fully saturated rings. The normalized spacial score (nSPS) is 16.0.